The summed E-state index contributed by atoms with van der Waals surface area (Å²) >= 11 is 0. The molecule has 0 saturated heterocycles. The first-order chi connectivity index (χ1) is 15.1. The maximum atomic E-state index is 11.5. The van der Waals surface area contributed by atoms with E-state index in [1.165, 1.54) is 12.8 Å². The number of carboxylic acids is 1. The van der Waals surface area contributed by atoms with Crippen LogP contribution in [0.2, 0.25) is 0 Å². The standard InChI is InChI=1S/C26H29NO4/c1-30-23-7-6-21(18-24(23)31-22-4-2-3-5-22)26(13-8-19-11-16-27-17-12-19)14-9-20(10-15-26)25(28)29/h6-7,11-12,16-18,20,22H,2-5,9-10,14-15H2,1H3,(H,28,29). The maximum Gasteiger partial charge on any atom is 0.306 e. The summed E-state index contributed by atoms with van der Waals surface area (Å²) in [6.07, 6.45) is 10.9. The van der Waals surface area contributed by atoms with Gasteiger partial charge in [-0.3, -0.25) is 9.78 Å². The van der Waals surface area contributed by atoms with Gasteiger partial charge in [0.2, 0.25) is 0 Å². The van der Waals surface area contributed by atoms with Crippen LogP contribution in [0, 0.1) is 17.8 Å². The zero-order chi connectivity index (χ0) is 21.7. The molecule has 2 fully saturated rings. The fourth-order valence-electron chi connectivity index (χ4n) is 4.72. The molecular formula is C26H29NO4. The monoisotopic (exact) mass is 419 g/mol. The molecule has 0 radical (unpaired) electrons. The van der Waals surface area contributed by atoms with Crippen molar-refractivity contribution in [2.24, 2.45) is 5.92 Å². The van der Waals surface area contributed by atoms with Gasteiger partial charge in [-0.1, -0.05) is 17.9 Å². The summed E-state index contributed by atoms with van der Waals surface area (Å²) in [5.41, 5.74) is 1.58. The molecular weight excluding hydrogens is 390 g/mol. The van der Waals surface area contributed by atoms with Gasteiger partial charge in [-0.05, 0) is 81.2 Å². The summed E-state index contributed by atoms with van der Waals surface area (Å²) in [7, 11) is 1.66. The third kappa shape index (κ3) is 4.85. The number of carbonyl (C=O) groups is 1. The fraction of sp³-hybridized carbons (Fsp3) is 0.462. The molecule has 5 heteroatoms. The zero-order valence-corrected chi connectivity index (χ0v) is 18.0. The summed E-state index contributed by atoms with van der Waals surface area (Å²) < 4.78 is 11.9. The van der Waals surface area contributed by atoms with Crippen molar-refractivity contribution in [2.45, 2.75) is 62.9 Å². The topological polar surface area (TPSA) is 68.7 Å². The van der Waals surface area contributed by atoms with Crippen molar-refractivity contribution in [1.29, 1.82) is 0 Å². The highest BCUT2D eigenvalue weighted by Crippen LogP contribution is 2.44. The van der Waals surface area contributed by atoms with Crippen LogP contribution < -0.4 is 9.47 Å². The Kier molecular flexibility index (Phi) is 6.46. The second-order valence-corrected chi connectivity index (χ2v) is 8.57. The summed E-state index contributed by atoms with van der Waals surface area (Å²) in [5, 5.41) is 9.48. The number of aromatic nitrogens is 1. The van der Waals surface area contributed by atoms with Crippen LogP contribution in [-0.2, 0) is 10.2 Å². The molecule has 2 aliphatic rings. The van der Waals surface area contributed by atoms with E-state index < -0.39 is 11.4 Å². The molecule has 31 heavy (non-hydrogen) atoms. The normalized spacial score (nSPS) is 23.6. The third-order valence-corrected chi connectivity index (χ3v) is 6.63. The van der Waals surface area contributed by atoms with Gasteiger partial charge in [0, 0.05) is 18.0 Å². The minimum atomic E-state index is -0.712. The molecule has 4 rings (SSSR count). The molecule has 1 heterocycles. The van der Waals surface area contributed by atoms with Gasteiger partial charge >= 0.3 is 5.97 Å². The van der Waals surface area contributed by atoms with E-state index in [9.17, 15) is 9.90 Å². The number of rotatable bonds is 5. The summed E-state index contributed by atoms with van der Waals surface area (Å²) in [5.74, 6) is 7.30. The van der Waals surface area contributed by atoms with Crippen LogP contribution in [0.3, 0.4) is 0 Å². The number of methoxy groups -OCH3 is 1. The van der Waals surface area contributed by atoms with Gasteiger partial charge in [-0.15, -0.1) is 0 Å². The average molecular weight is 420 g/mol. The molecule has 5 nitrogen and oxygen atoms in total. The molecule has 1 aromatic carbocycles. The van der Waals surface area contributed by atoms with Crippen LogP contribution in [0.5, 0.6) is 11.5 Å². The van der Waals surface area contributed by atoms with Crippen molar-refractivity contribution in [2.75, 3.05) is 7.11 Å². The van der Waals surface area contributed by atoms with Crippen LogP contribution in [0.1, 0.15) is 62.5 Å². The van der Waals surface area contributed by atoms with Gasteiger partial charge in [0.15, 0.2) is 11.5 Å². The Morgan fingerprint density at radius 2 is 1.77 bits per heavy atom. The number of hydrogen-bond donors (Lipinski definition) is 1. The molecule has 162 valence electrons. The lowest BCUT2D eigenvalue weighted by molar-refractivity contribution is -0.143. The maximum absolute atomic E-state index is 11.5. The number of pyridine rings is 1. The number of carboxylic acid groups (broad SMARTS) is 1. The predicted molar refractivity (Wildman–Crippen MR) is 118 cm³/mol. The van der Waals surface area contributed by atoms with Gasteiger partial charge in [-0.25, -0.2) is 0 Å². The molecule has 1 aromatic heterocycles. The Labute approximate surface area is 183 Å². The van der Waals surface area contributed by atoms with Crippen molar-refractivity contribution in [3.63, 3.8) is 0 Å². The number of ether oxygens (including phenoxy) is 2. The van der Waals surface area contributed by atoms with E-state index in [4.69, 9.17) is 9.47 Å². The van der Waals surface area contributed by atoms with Crippen LogP contribution in [0.4, 0.5) is 0 Å². The van der Waals surface area contributed by atoms with Crippen molar-refractivity contribution >= 4 is 5.97 Å². The molecule has 0 amide bonds. The number of aliphatic carboxylic acids is 1. The molecule has 1 N–H and O–H groups in total. The van der Waals surface area contributed by atoms with E-state index in [2.05, 4.69) is 29.0 Å². The lowest BCUT2D eigenvalue weighted by Gasteiger charge is -2.36. The summed E-state index contributed by atoms with van der Waals surface area (Å²) in [4.78, 5) is 15.6. The highest BCUT2D eigenvalue weighted by atomic mass is 16.5. The van der Waals surface area contributed by atoms with Crippen LogP contribution in [-0.4, -0.2) is 29.3 Å². The largest absolute Gasteiger partial charge is 0.493 e. The molecule has 0 unspecified atom stereocenters. The fourth-order valence-corrected chi connectivity index (χ4v) is 4.72. The number of nitrogens with zero attached hydrogens (tertiary/aromatic N) is 1. The minimum absolute atomic E-state index is 0.228. The van der Waals surface area contributed by atoms with Crippen molar-refractivity contribution in [1.82, 2.24) is 4.98 Å². The first-order valence-corrected chi connectivity index (χ1v) is 11.1. The Balaban J connectivity index is 1.69. The van der Waals surface area contributed by atoms with Crippen LogP contribution >= 0.6 is 0 Å². The predicted octanol–water partition coefficient (Wildman–Crippen LogP) is 4.98. The molecule has 0 atom stereocenters. The molecule has 0 spiro atoms. The molecule has 2 saturated carbocycles. The van der Waals surface area contributed by atoms with Crippen molar-refractivity contribution < 1.29 is 19.4 Å². The van der Waals surface area contributed by atoms with E-state index in [0.29, 0.717) is 25.7 Å². The summed E-state index contributed by atoms with van der Waals surface area (Å²) in [6.45, 7) is 0. The minimum Gasteiger partial charge on any atom is -0.493 e. The van der Waals surface area contributed by atoms with Crippen molar-refractivity contribution in [3.8, 4) is 23.3 Å². The average Bonchev–Trinajstić information content (AvgIpc) is 3.32. The van der Waals surface area contributed by atoms with Gasteiger partial charge in [0.25, 0.3) is 0 Å². The number of benzene rings is 1. The van der Waals surface area contributed by atoms with E-state index in [1.807, 2.05) is 18.2 Å². The summed E-state index contributed by atoms with van der Waals surface area (Å²) in [6, 6.07) is 9.87. The van der Waals surface area contributed by atoms with E-state index in [-0.39, 0.29) is 12.0 Å². The second-order valence-electron chi connectivity index (χ2n) is 8.57. The zero-order valence-electron chi connectivity index (χ0n) is 18.0. The van der Waals surface area contributed by atoms with Crippen LogP contribution in [0.15, 0.2) is 42.7 Å². The van der Waals surface area contributed by atoms with E-state index in [0.717, 1.165) is 35.5 Å². The highest BCUT2D eigenvalue weighted by molar-refractivity contribution is 5.70. The van der Waals surface area contributed by atoms with Crippen molar-refractivity contribution in [3.05, 3.63) is 53.9 Å². The Hall–Kier alpha value is -3.00. The molecule has 2 aliphatic carbocycles. The molecule has 0 aliphatic heterocycles. The Bertz CT molecular complexity index is 962. The smallest absolute Gasteiger partial charge is 0.306 e. The first-order valence-electron chi connectivity index (χ1n) is 11.1. The first kappa shape index (κ1) is 21.2. The lowest BCUT2D eigenvalue weighted by atomic mass is 9.67. The SMILES string of the molecule is COc1ccc(C2(C#Cc3ccncc3)CCC(C(=O)O)CC2)cc1OC1CCCC1. The van der Waals surface area contributed by atoms with Gasteiger partial charge < -0.3 is 14.6 Å². The van der Waals surface area contributed by atoms with E-state index in [1.54, 1.807) is 19.5 Å². The highest BCUT2D eigenvalue weighted by Gasteiger charge is 2.38. The Morgan fingerprint density at radius 1 is 1.06 bits per heavy atom. The number of hydrogen-bond acceptors (Lipinski definition) is 4. The second kappa shape index (κ2) is 9.43. The van der Waals surface area contributed by atoms with Gasteiger partial charge in [0.1, 0.15) is 0 Å². The van der Waals surface area contributed by atoms with E-state index >= 15 is 0 Å². The third-order valence-electron chi connectivity index (χ3n) is 6.63. The quantitative estimate of drug-likeness (QED) is 0.693. The van der Waals surface area contributed by atoms with Crippen LogP contribution in [0.25, 0.3) is 0 Å². The molecule has 2 aromatic rings. The molecule has 0 bridgehead atoms. The van der Waals surface area contributed by atoms with Gasteiger partial charge in [-0.2, -0.15) is 0 Å². The Morgan fingerprint density at radius 3 is 2.42 bits per heavy atom. The lowest BCUT2D eigenvalue weighted by Crippen LogP contribution is -2.33. The van der Waals surface area contributed by atoms with Gasteiger partial charge in [0.05, 0.1) is 24.5 Å².